The van der Waals surface area contributed by atoms with E-state index in [0.717, 1.165) is 0 Å². The molecule has 0 heterocycles. The SMILES string of the molecule is [2H]C([2H])([2H])C([2H])([2H])c1ccc(B(O)O)c(OCC)c1. The Hall–Kier alpha value is -0.995. The van der Waals surface area contributed by atoms with Crippen LogP contribution in [0.4, 0.5) is 0 Å². The minimum Gasteiger partial charge on any atom is -0.494 e. The van der Waals surface area contributed by atoms with Crippen molar-refractivity contribution in [1.82, 2.24) is 0 Å². The molecule has 0 unspecified atom stereocenters. The van der Waals surface area contributed by atoms with Crippen molar-refractivity contribution in [3.63, 3.8) is 0 Å². The molecule has 2 N–H and O–H groups in total. The van der Waals surface area contributed by atoms with Gasteiger partial charge in [0.2, 0.25) is 0 Å². The standard InChI is InChI=1S/C10H15BO3/c1-3-8-5-6-9(11(12)13)10(7-8)14-4-2/h5-7,12-13H,3-4H2,1-2H3/i1D3,3D2. The van der Waals surface area contributed by atoms with Crippen molar-refractivity contribution >= 4 is 12.6 Å². The molecular formula is C10H15BO3. The summed E-state index contributed by atoms with van der Waals surface area (Å²) >= 11 is 0. The average molecular weight is 199 g/mol. The number of hydrogen-bond acceptors (Lipinski definition) is 3. The van der Waals surface area contributed by atoms with E-state index in [1.807, 2.05) is 0 Å². The first-order valence-electron chi connectivity index (χ1n) is 6.74. The molecule has 4 heteroatoms. The number of aryl methyl sites for hydroxylation is 1. The van der Waals surface area contributed by atoms with E-state index in [0.29, 0.717) is 0 Å². The third-order valence-electron chi connectivity index (χ3n) is 1.74. The summed E-state index contributed by atoms with van der Waals surface area (Å²) in [6.45, 7) is -0.908. The van der Waals surface area contributed by atoms with Gasteiger partial charge in [0.25, 0.3) is 0 Å². The lowest BCUT2D eigenvalue weighted by Gasteiger charge is -2.10. The van der Waals surface area contributed by atoms with Gasteiger partial charge in [0.05, 0.1) is 6.61 Å². The lowest BCUT2D eigenvalue weighted by atomic mass is 9.79. The molecule has 0 saturated carbocycles. The van der Waals surface area contributed by atoms with Gasteiger partial charge in [-0.2, -0.15) is 0 Å². The fourth-order valence-corrected chi connectivity index (χ4v) is 1.11. The molecule has 0 aliphatic carbocycles. The number of benzene rings is 1. The zero-order valence-corrected chi connectivity index (χ0v) is 7.82. The Morgan fingerprint density at radius 3 is 2.93 bits per heavy atom. The van der Waals surface area contributed by atoms with Crippen LogP contribution < -0.4 is 10.2 Å². The quantitative estimate of drug-likeness (QED) is 0.687. The van der Waals surface area contributed by atoms with Gasteiger partial charge < -0.3 is 14.8 Å². The summed E-state index contributed by atoms with van der Waals surface area (Å²) in [5, 5.41) is 18.3. The van der Waals surface area contributed by atoms with Crippen molar-refractivity contribution in [3.05, 3.63) is 23.8 Å². The molecule has 0 aliphatic heterocycles. The fraction of sp³-hybridized carbons (Fsp3) is 0.400. The van der Waals surface area contributed by atoms with E-state index >= 15 is 0 Å². The number of rotatable bonds is 4. The zero-order chi connectivity index (χ0) is 14.8. The highest BCUT2D eigenvalue weighted by Gasteiger charge is 2.16. The summed E-state index contributed by atoms with van der Waals surface area (Å²) < 4.78 is 42.1. The van der Waals surface area contributed by atoms with Crippen molar-refractivity contribution < 1.29 is 21.6 Å². The molecule has 1 aromatic rings. The summed E-state index contributed by atoms with van der Waals surface area (Å²) in [5.74, 6) is 0.0584. The predicted molar refractivity (Wildman–Crippen MR) is 56.8 cm³/mol. The molecular weight excluding hydrogens is 179 g/mol. The van der Waals surface area contributed by atoms with Crippen LogP contribution in [0.15, 0.2) is 18.2 Å². The van der Waals surface area contributed by atoms with E-state index in [1.165, 1.54) is 18.2 Å². The molecule has 1 aromatic carbocycles. The Balaban J connectivity index is 3.29. The van der Waals surface area contributed by atoms with E-state index in [-0.39, 0.29) is 23.4 Å². The van der Waals surface area contributed by atoms with Crippen LogP contribution in [0.25, 0.3) is 0 Å². The molecule has 0 aliphatic rings. The fourth-order valence-electron chi connectivity index (χ4n) is 1.11. The van der Waals surface area contributed by atoms with Crippen LogP contribution in [-0.4, -0.2) is 23.8 Å². The maximum atomic E-state index is 9.16. The number of hydrogen-bond donors (Lipinski definition) is 2. The Kier molecular flexibility index (Phi) is 2.08. The van der Waals surface area contributed by atoms with E-state index in [9.17, 15) is 0 Å². The Morgan fingerprint density at radius 2 is 2.36 bits per heavy atom. The highest BCUT2D eigenvalue weighted by molar-refractivity contribution is 6.59. The minimum absolute atomic E-state index is 0.0584. The van der Waals surface area contributed by atoms with E-state index in [2.05, 4.69) is 0 Å². The monoisotopic (exact) mass is 199 g/mol. The van der Waals surface area contributed by atoms with Crippen molar-refractivity contribution in [3.8, 4) is 5.75 Å². The first-order chi connectivity index (χ1) is 8.61. The molecule has 0 saturated heterocycles. The van der Waals surface area contributed by atoms with Crippen LogP contribution in [0.2, 0.25) is 0 Å². The second kappa shape index (κ2) is 5.03. The van der Waals surface area contributed by atoms with Crippen molar-refractivity contribution in [1.29, 1.82) is 0 Å². The molecule has 0 amide bonds. The van der Waals surface area contributed by atoms with Crippen LogP contribution in [0.3, 0.4) is 0 Å². The first-order valence-corrected chi connectivity index (χ1v) is 4.24. The summed E-state index contributed by atoms with van der Waals surface area (Å²) in [5.41, 5.74) is -0.0349. The molecule has 0 atom stereocenters. The highest BCUT2D eigenvalue weighted by atomic mass is 16.5. The van der Waals surface area contributed by atoms with Crippen LogP contribution >= 0.6 is 0 Å². The van der Waals surface area contributed by atoms with Crippen molar-refractivity contribution in [2.45, 2.75) is 20.1 Å². The van der Waals surface area contributed by atoms with Gasteiger partial charge in [0.15, 0.2) is 0 Å². The van der Waals surface area contributed by atoms with Crippen LogP contribution in [-0.2, 0) is 6.37 Å². The van der Waals surface area contributed by atoms with Crippen LogP contribution in [0.1, 0.15) is 26.2 Å². The van der Waals surface area contributed by atoms with E-state index in [4.69, 9.17) is 21.6 Å². The van der Waals surface area contributed by atoms with Crippen LogP contribution in [0.5, 0.6) is 5.75 Å². The summed E-state index contributed by atoms with van der Waals surface area (Å²) in [6, 6.07) is 3.64. The molecule has 1 rings (SSSR count). The molecule has 0 spiro atoms. The predicted octanol–water partition coefficient (Wildman–Crippen LogP) is 0.327. The smallest absolute Gasteiger partial charge is 0.492 e. The molecule has 0 bridgehead atoms. The second-order valence-corrected chi connectivity index (χ2v) is 2.68. The zero-order valence-electron chi connectivity index (χ0n) is 12.8. The van der Waals surface area contributed by atoms with Gasteiger partial charge in [-0.25, -0.2) is 0 Å². The highest BCUT2D eigenvalue weighted by Crippen LogP contribution is 2.12. The molecule has 14 heavy (non-hydrogen) atoms. The molecule has 0 radical (unpaired) electrons. The third kappa shape index (κ3) is 2.50. The second-order valence-electron chi connectivity index (χ2n) is 2.68. The lowest BCUT2D eigenvalue weighted by molar-refractivity contribution is 0.339. The molecule has 3 nitrogen and oxygen atoms in total. The minimum atomic E-state index is -2.82. The van der Waals surface area contributed by atoms with Gasteiger partial charge >= 0.3 is 7.12 Å². The third-order valence-corrected chi connectivity index (χ3v) is 1.74. The largest absolute Gasteiger partial charge is 0.494 e. The lowest BCUT2D eigenvalue weighted by Crippen LogP contribution is -2.31. The Labute approximate surface area is 91.5 Å². The summed E-state index contributed by atoms with van der Waals surface area (Å²) in [7, 11) is -1.77. The van der Waals surface area contributed by atoms with Gasteiger partial charge in [-0.05, 0) is 24.9 Å². The Bertz CT molecular complexity index is 447. The summed E-state index contributed by atoms with van der Waals surface area (Å²) in [4.78, 5) is 0. The maximum Gasteiger partial charge on any atom is 0.492 e. The van der Waals surface area contributed by atoms with Crippen molar-refractivity contribution in [2.75, 3.05) is 6.61 Å². The van der Waals surface area contributed by atoms with Gasteiger partial charge in [0, 0.05) is 12.3 Å². The molecule has 0 aromatic heterocycles. The maximum absolute atomic E-state index is 9.16. The van der Waals surface area contributed by atoms with Gasteiger partial charge in [-0.3, -0.25) is 0 Å². The van der Waals surface area contributed by atoms with Gasteiger partial charge in [-0.15, -0.1) is 0 Å². The average Bonchev–Trinajstić information content (AvgIpc) is 2.27. The Morgan fingerprint density at radius 1 is 1.57 bits per heavy atom. The molecule has 76 valence electrons. The van der Waals surface area contributed by atoms with E-state index < -0.39 is 20.3 Å². The normalized spacial score (nSPS) is 17.2. The van der Waals surface area contributed by atoms with Gasteiger partial charge in [-0.1, -0.05) is 19.0 Å². The van der Waals surface area contributed by atoms with Gasteiger partial charge in [0.1, 0.15) is 5.75 Å². The first kappa shape index (κ1) is 5.78. The summed E-state index contributed by atoms with van der Waals surface area (Å²) in [6.07, 6.45) is -2.54. The van der Waals surface area contributed by atoms with Crippen LogP contribution in [0, 0.1) is 0 Å². The van der Waals surface area contributed by atoms with Crippen molar-refractivity contribution in [2.24, 2.45) is 0 Å². The number of ether oxygens (including phenoxy) is 1. The van der Waals surface area contributed by atoms with E-state index in [1.54, 1.807) is 6.92 Å². The molecule has 0 fully saturated rings. The topological polar surface area (TPSA) is 49.7 Å².